The average Bonchev–Trinajstić information content (AvgIpc) is 2.74. The van der Waals surface area contributed by atoms with E-state index >= 15 is 0 Å². The lowest BCUT2D eigenvalue weighted by molar-refractivity contribution is -0.138. The van der Waals surface area contributed by atoms with Crippen molar-refractivity contribution in [1.29, 1.82) is 0 Å². The summed E-state index contributed by atoms with van der Waals surface area (Å²) in [6, 6.07) is 3.65. The minimum Gasteiger partial charge on any atom is -0.481 e. The largest absolute Gasteiger partial charge is 0.481 e. The smallest absolute Gasteiger partial charge is 0.307 e. The molecule has 2 aromatic rings. The number of imidazole rings is 1. The van der Waals surface area contributed by atoms with Gasteiger partial charge in [-0.25, -0.2) is 4.98 Å². The number of carboxylic acids is 1. The maximum absolute atomic E-state index is 10.8. The molecule has 17 heavy (non-hydrogen) atoms. The summed E-state index contributed by atoms with van der Waals surface area (Å²) in [6.45, 7) is 1.91. The molecule has 1 aliphatic rings. The van der Waals surface area contributed by atoms with Crippen LogP contribution >= 0.6 is 0 Å². The number of H-pyrrole nitrogens is 1. The predicted molar refractivity (Wildman–Crippen MR) is 59.5 cm³/mol. The lowest BCUT2D eigenvalue weighted by Crippen LogP contribution is -1.99. The van der Waals surface area contributed by atoms with Crippen LogP contribution in [0.3, 0.4) is 0 Å². The van der Waals surface area contributed by atoms with Gasteiger partial charge in [0.15, 0.2) is 5.76 Å². The van der Waals surface area contributed by atoms with E-state index in [-0.39, 0.29) is 11.8 Å². The SMILES string of the molecule is Cc1[nH]c(C2CC2C(=O)O)nc1-c1ccco1. The Hall–Kier alpha value is -2.04. The maximum Gasteiger partial charge on any atom is 0.307 e. The lowest BCUT2D eigenvalue weighted by atomic mass is 10.3. The first-order valence-corrected chi connectivity index (χ1v) is 5.50. The molecular weight excluding hydrogens is 220 g/mol. The van der Waals surface area contributed by atoms with Crippen LogP contribution < -0.4 is 0 Å². The van der Waals surface area contributed by atoms with Gasteiger partial charge in [-0.2, -0.15) is 0 Å². The summed E-state index contributed by atoms with van der Waals surface area (Å²) in [5.74, 6) is 0.447. The van der Waals surface area contributed by atoms with Crippen LogP contribution in [0.5, 0.6) is 0 Å². The van der Waals surface area contributed by atoms with E-state index in [1.54, 1.807) is 12.3 Å². The fourth-order valence-corrected chi connectivity index (χ4v) is 2.08. The number of aromatic nitrogens is 2. The van der Waals surface area contributed by atoms with Crippen LogP contribution in [-0.4, -0.2) is 21.0 Å². The Balaban J connectivity index is 1.90. The molecule has 1 aliphatic carbocycles. The van der Waals surface area contributed by atoms with Crippen LogP contribution in [0.4, 0.5) is 0 Å². The van der Waals surface area contributed by atoms with Gasteiger partial charge in [-0.15, -0.1) is 0 Å². The number of aliphatic carboxylic acids is 1. The minimum absolute atomic E-state index is 0.0231. The summed E-state index contributed by atoms with van der Waals surface area (Å²) in [7, 11) is 0. The number of hydrogen-bond donors (Lipinski definition) is 2. The van der Waals surface area contributed by atoms with Crippen molar-refractivity contribution in [1.82, 2.24) is 9.97 Å². The molecule has 5 heteroatoms. The molecule has 0 aromatic carbocycles. The van der Waals surface area contributed by atoms with Crippen molar-refractivity contribution in [3.8, 4) is 11.5 Å². The number of hydrogen-bond acceptors (Lipinski definition) is 3. The summed E-state index contributed by atoms with van der Waals surface area (Å²) in [5.41, 5.74) is 1.67. The second-order valence-electron chi connectivity index (χ2n) is 4.36. The van der Waals surface area contributed by atoms with Gasteiger partial charge in [0.1, 0.15) is 11.5 Å². The topological polar surface area (TPSA) is 79.1 Å². The normalized spacial score (nSPS) is 22.6. The van der Waals surface area contributed by atoms with Crippen molar-refractivity contribution in [2.24, 2.45) is 5.92 Å². The third-order valence-corrected chi connectivity index (χ3v) is 3.12. The van der Waals surface area contributed by atoms with E-state index in [2.05, 4.69) is 9.97 Å². The molecule has 2 atom stereocenters. The van der Waals surface area contributed by atoms with Gasteiger partial charge in [0.2, 0.25) is 0 Å². The van der Waals surface area contributed by atoms with E-state index in [1.165, 1.54) is 0 Å². The molecule has 0 saturated heterocycles. The Morgan fingerprint density at radius 2 is 2.47 bits per heavy atom. The van der Waals surface area contributed by atoms with Crippen molar-refractivity contribution in [2.45, 2.75) is 19.3 Å². The van der Waals surface area contributed by atoms with E-state index in [1.807, 2.05) is 13.0 Å². The van der Waals surface area contributed by atoms with Gasteiger partial charge >= 0.3 is 5.97 Å². The number of aromatic amines is 1. The van der Waals surface area contributed by atoms with Gasteiger partial charge in [-0.3, -0.25) is 4.79 Å². The van der Waals surface area contributed by atoms with Crippen molar-refractivity contribution >= 4 is 5.97 Å². The quantitative estimate of drug-likeness (QED) is 0.849. The van der Waals surface area contributed by atoms with Crippen molar-refractivity contribution < 1.29 is 14.3 Å². The standard InChI is InChI=1S/C12H12N2O3/c1-6-10(9-3-2-4-17-9)14-11(13-6)7-5-8(7)12(15)16/h2-4,7-8H,5H2,1H3,(H,13,14)(H,15,16). The van der Waals surface area contributed by atoms with Crippen LogP contribution in [0.2, 0.25) is 0 Å². The highest BCUT2D eigenvalue weighted by molar-refractivity contribution is 5.75. The molecule has 0 radical (unpaired) electrons. The average molecular weight is 232 g/mol. The number of aryl methyl sites for hydroxylation is 1. The van der Waals surface area contributed by atoms with Gasteiger partial charge in [-0.1, -0.05) is 0 Å². The highest BCUT2D eigenvalue weighted by atomic mass is 16.4. The van der Waals surface area contributed by atoms with Crippen molar-refractivity contribution in [3.63, 3.8) is 0 Å². The number of carboxylic acid groups (broad SMARTS) is 1. The molecule has 3 rings (SSSR count). The zero-order valence-electron chi connectivity index (χ0n) is 9.30. The molecule has 0 amide bonds. The summed E-state index contributed by atoms with van der Waals surface area (Å²) in [6.07, 6.45) is 2.26. The monoisotopic (exact) mass is 232 g/mol. The molecule has 0 spiro atoms. The maximum atomic E-state index is 10.8. The fraction of sp³-hybridized carbons (Fsp3) is 0.333. The van der Waals surface area contributed by atoms with Crippen LogP contribution in [0.25, 0.3) is 11.5 Å². The molecule has 0 bridgehead atoms. The second-order valence-corrected chi connectivity index (χ2v) is 4.36. The highest BCUT2D eigenvalue weighted by Crippen LogP contribution is 2.46. The summed E-state index contributed by atoms with van der Waals surface area (Å²) in [5, 5.41) is 8.88. The van der Waals surface area contributed by atoms with E-state index in [0.29, 0.717) is 12.2 Å². The Morgan fingerprint density at radius 1 is 1.65 bits per heavy atom. The van der Waals surface area contributed by atoms with E-state index < -0.39 is 5.97 Å². The first-order valence-electron chi connectivity index (χ1n) is 5.50. The zero-order valence-corrected chi connectivity index (χ0v) is 9.30. The van der Waals surface area contributed by atoms with Crippen LogP contribution in [0.15, 0.2) is 22.8 Å². The zero-order chi connectivity index (χ0) is 12.0. The summed E-state index contributed by atoms with van der Waals surface area (Å²) < 4.78 is 5.29. The summed E-state index contributed by atoms with van der Waals surface area (Å²) in [4.78, 5) is 18.4. The molecule has 5 nitrogen and oxygen atoms in total. The number of nitrogens with zero attached hydrogens (tertiary/aromatic N) is 1. The first-order chi connectivity index (χ1) is 8.16. The van der Waals surface area contributed by atoms with Gasteiger partial charge in [-0.05, 0) is 25.5 Å². The Morgan fingerprint density at radius 3 is 3.06 bits per heavy atom. The van der Waals surface area contributed by atoms with Gasteiger partial charge < -0.3 is 14.5 Å². The lowest BCUT2D eigenvalue weighted by Gasteiger charge is -1.90. The molecule has 2 aromatic heterocycles. The molecule has 2 unspecified atom stereocenters. The predicted octanol–water partition coefficient (Wildman–Crippen LogP) is 2.17. The van der Waals surface area contributed by atoms with Crippen LogP contribution in [-0.2, 0) is 4.79 Å². The summed E-state index contributed by atoms with van der Waals surface area (Å²) >= 11 is 0. The van der Waals surface area contributed by atoms with E-state index in [4.69, 9.17) is 9.52 Å². The fourth-order valence-electron chi connectivity index (χ4n) is 2.08. The molecule has 88 valence electrons. The number of furan rings is 1. The third kappa shape index (κ3) is 1.63. The molecule has 1 saturated carbocycles. The molecule has 2 heterocycles. The van der Waals surface area contributed by atoms with Crippen LogP contribution in [0.1, 0.15) is 23.9 Å². The molecule has 1 fully saturated rings. The van der Waals surface area contributed by atoms with Crippen molar-refractivity contribution in [2.75, 3.05) is 0 Å². The minimum atomic E-state index is -0.747. The number of nitrogens with one attached hydrogen (secondary N) is 1. The number of carbonyl (C=O) groups is 1. The first kappa shape index (κ1) is 10.1. The second kappa shape index (κ2) is 3.48. The Bertz CT molecular complexity index is 556. The Labute approximate surface area is 97.5 Å². The third-order valence-electron chi connectivity index (χ3n) is 3.12. The molecule has 0 aliphatic heterocycles. The van der Waals surface area contributed by atoms with E-state index in [9.17, 15) is 4.79 Å². The van der Waals surface area contributed by atoms with Gasteiger partial charge in [0.25, 0.3) is 0 Å². The van der Waals surface area contributed by atoms with E-state index in [0.717, 1.165) is 17.2 Å². The van der Waals surface area contributed by atoms with Gasteiger partial charge in [0, 0.05) is 11.6 Å². The molecule has 2 N–H and O–H groups in total. The highest BCUT2D eigenvalue weighted by Gasteiger charge is 2.46. The molecular formula is C12H12N2O3. The van der Waals surface area contributed by atoms with Crippen molar-refractivity contribution in [3.05, 3.63) is 29.9 Å². The Kier molecular flexibility index (Phi) is 2.07. The van der Waals surface area contributed by atoms with Crippen LogP contribution in [0, 0.1) is 12.8 Å². The van der Waals surface area contributed by atoms with Gasteiger partial charge in [0.05, 0.1) is 12.2 Å². The number of rotatable bonds is 3.